The minimum Gasteiger partial charge on any atom is -0.497 e. The van der Waals surface area contributed by atoms with Crippen molar-refractivity contribution in [3.8, 4) is 5.75 Å². The average Bonchev–Trinajstić information content (AvgIpc) is 2.91. The Morgan fingerprint density at radius 3 is 3.00 bits per heavy atom. The highest BCUT2D eigenvalue weighted by Crippen LogP contribution is 2.16. The predicted molar refractivity (Wildman–Crippen MR) is 66.4 cm³/mol. The molecule has 0 aliphatic carbocycles. The lowest BCUT2D eigenvalue weighted by Gasteiger charge is -2.23. The molecule has 0 saturated carbocycles. The summed E-state index contributed by atoms with van der Waals surface area (Å²) in [4.78, 5) is 14.1. The quantitative estimate of drug-likeness (QED) is 0.852. The van der Waals surface area contributed by atoms with Crippen molar-refractivity contribution in [1.29, 1.82) is 0 Å². The smallest absolute Gasteiger partial charge is 0.254 e. The minimum absolute atomic E-state index is 0.0533. The summed E-state index contributed by atoms with van der Waals surface area (Å²) < 4.78 is 5.13. The van der Waals surface area contributed by atoms with E-state index in [1.807, 2.05) is 30.1 Å². The number of benzene rings is 1. The van der Waals surface area contributed by atoms with Crippen LogP contribution in [0.5, 0.6) is 5.75 Å². The first-order valence-electron chi connectivity index (χ1n) is 5.84. The Balaban J connectivity index is 2.12. The summed E-state index contributed by atoms with van der Waals surface area (Å²) in [5.74, 6) is 0.770. The Morgan fingerprint density at radius 2 is 2.35 bits per heavy atom. The molecule has 4 nitrogen and oxygen atoms in total. The summed E-state index contributed by atoms with van der Waals surface area (Å²) in [5, 5.41) is 3.26. The molecule has 0 bridgehead atoms. The third-order valence-electron chi connectivity index (χ3n) is 3.22. The molecule has 2 rings (SSSR count). The van der Waals surface area contributed by atoms with E-state index in [9.17, 15) is 4.79 Å². The normalized spacial score (nSPS) is 19.1. The second-order valence-corrected chi connectivity index (χ2v) is 4.29. The number of ether oxygens (including phenoxy) is 1. The second-order valence-electron chi connectivity index (χ2n) is 4.29. The summed E-state index contributed by atoms with van der Waals surface area (Å²) in [5.41, 5.74) is 0.679. The highest BCUT2D eigenvalue weighted by molar-refractivity contribution is 5.94. The number of methoxy groups -OCH3 is 1. The molecule has 1 fully saturated rings. The summed E-state index contributed by atoms with van der Waals surface area (Å²) in [7, 11) is 3.47. The molecule has 1 heterocycles. The molecule has 1 atom stereocenters. The number of nitrogens with one attached hydrogen (secondary N) is 1. The maximum absolute atomic E-state index is 12.2. The summed E-state index contributed by atoms with van der Waals surface area (Å²) in [6, 6.07) is 7.58. The maximum Gasteiger partial charge on any atom is 0.254 e. The third-order valence-corrected chi connectivity index (χ3v) is 3.22. The lowest BCUT2D eigenvalue weighted by Crippen LogP contribution is -2.38. The predicted octanol–water partition coefficient (Wildman–Crippen LogP) is 1.13. The summed E-state index contributed by atoms with van der Waals surface area (Å²) in [6.45, 7) is 1.87. The van der Waals surface area contributed by atoms with Gasteiger partial charge in [-0.15, -0.1) is 0 Å². The van der Waals surface area contributed by atoms with Crippen molar-refractivity contribution in [3.05, 3.63) is 29.8 Å². The van der Waals surface area contributed by atoms with Gasteiger partial charge < -0.3 is 15.0 Å². The molecule has 0 radical (unpaired) electrons. The minimum atomic E-state index is 0.0533. The summed E-state index contributed by atoms with van der Waals surface area (Å²) in [6.07, 6.45) is 1.02. The van der Waals surface area contributed by atoms with Crippen LogP contribution in [0.15, 0.2) is 24.3 Å². The van der Waals surface area contributed by atoms with Gasteiger partial charge in [-0.1, -0.05) is 6.07 Å². The van der Waals surface area contributed by atoms with Crippen molar-refractivity contribution in [1.82, 2.24) is 10.2 Å². The number of amides is 1. The Morgan fingerprint density at radius 1 is 1.53 bits per heavy atom. The van der Waals surface area contributed by atoms with Crippen molar-refractivity contribution < 1.29 is 9.53 Å². The second kappa shape index (κ2) is 5.19. The molecule has 0 spiro atoms. The van der Waals surface area contributed by atoms with Crippen molar-refractivity contribution in [2.75, 3.05) is 27.2 Å². The van der Waals surface area contributed by atoms with Gasteiger partial charge in [0.15, 0.2) is 0 Å². The zero-order valence-corrected chi connectivity index (χ0v) is 10.3. The van der Waals surface area contributed by atoms with Crippen molar-refractivity contribution >= 4 is 5.91 Å². The Hall–Kier alpha value is -1.55. The van der Waals surface area contributed by atoms with Gasteiger partial charge in [-0.25, -0.2) is 0 Å². The van der Waals surface area contributed by atoms with Crippen LogP contribution in [0.25, 0.3) is 0 Å². The number of carbonyl (C=O) groups is 1. The van der Waals surface area contributed by atoms with Gasteiger partial charge in [-0.05, 0) is 31.2 Å². The Bertz CT molecular complexity index is 400. The lowest BCUT2D eigenvalue weighted by atomic mass is 10.1. The topological polar surface area (TPSA) is 41.6 Å². The average molecular weight is 234 g/mol. The van der Waals surface area contributed by atoms with E-state index in [1.165, 1.54) is 0 Å². The van der Waals surface area contributed by atoms with E-state index in [4.69, 9.17) is 4.74 Å². The molecule has 1 aliphatic heterocycles. The molecule has 1 amide bonds. The molecule has 0 aromatic heterocycles. The van der Waals surface area contributed by atoms with Crippen LogP contribution in [0.1, 0.15) is 16.8 Å². The Labute approximate surface area is 102 Å². The monoisotopic (exact) mass is 234 g/mol. The van der Waals surface area contributed by atoms with Crippen molar-refractivity contribution in [3.63, 3.8) is 0 Å². The van der Waals surface area contributed by atoms with E-state index in [-0.39, 0.29) is 5.91 Å². The van der Waals surface area contributed by atoms with E-state index in [1.54, 1.807) is 13.2 Å². The number of rotatable bonds is 3. The SMILES string of the molecule is COc1cccc(C(=O)N(C)C2CCNC2)c1. The molecule has 92 valence electrons. The lowest BCUT2D eigenvalue weighted by molar-refractivity contribution is 0.0743. The van der Waals surface area contributed by atoms with Crippen LogP contribution in [-0.2, 0) is 0 Å². The molecular formula is C13H18N2O2. The van der Waals surface area contributed by atoms with E-state index < -0.39 is 0 Å². The van der Waals surface area contributed by atoms with Crippen LogP contribution in [0.2, 0.25) is 0 Å². The first-order chi connectivity index (χ1) is 8.22. The van der Waals surface area contributed by atoms with E-state index in [0.29, 0.717) is 17.4 Å². The Kier molecular flexibility index (Phi) is 3.64. The van der Waals surface area contributed by atoms with Gasteiger partial charge >= 0.3 is 0 Å². The number of hydrogen-bond donors (Lipinski definition) is 1. The van der Waals surface area contributed by atoms with Gasteiger partial charge in [0.2, 0.25) is 0 Å². The van der Waals surface area contributed by atoms with Crippen LogP contribution in [0, 0.1) is 0 Å². The van der Waals surface area contributed by atoms with Gasteiger partial charge in [0.25, 0.3) is 5.91 Å². The van der Waals surface area contributed by atoms with Gasteiger partial charge in [-0.3, -0.25) is 4.79 Å². The summed E-state index contributed by atoms with van der Waals surface area (Å²) >= 11 is 0. The standard InChI is InChI=1S/C13H18N2O2/c1-15(11-6-7-14-9-11)13(16)10-4-3-5-12(8-10)17-2/h3-5,8,11,14H,6-7,9H2,1-2H3. The van der Waals surface area contributed by atoms with Crippen molar-refractivity contribution in [2.24, 2.45) is 0 Å². The molecule has 1 unspecified atom stereocenters. The molecule has 1 aromatic rings. The third kappa shape index (κ3) is 2.58. The largest absolute Gasteiger partial charge is 0.497 e. The zero-order valence-electron chi connectivity index (χ0n) is 10.3. The van der Waals surface area contributed by atoms with Gasteiger partial charge in [-0.2, -0.15) is 0 Å². The van der Waals surface area contributed by atoms with E-state index in [2.05, 4.69) is 5.32 Å². The molecule has 1 N–H and O–H groups in total. The van der Waals surface area contributed by atoms with Crippen LogP contribution in [0.4, 0.5) is 0 Å². The number of likely N-dealkylation sites (N-methyl/N-ethyl adjacent to an activating group) is 1. The van der Waals surface area contributed by atoms with Crippen LogP contribution in [0.3, 0.4) is 0 Å². The van der Waals surface area contributed by atoms with Crippen molar-refractivity contribution in [2.45, 2.75) is 12.5 Å². The number of nitrogens with zero attached hydrogens (tertiary/aromatic N) is 1. The molecule has 4 heteroatoms. The molecular weight excluding hydrogens is 216 g/mol. The van der Waals surface area contributed by atoms with Gasteiger partial charge in [0.05, 0.1) is 7.11 Å². The fourth-order valence-corrected chi connectivity index (χ4v) is 2.10. The number of hydrogen-bond acceptors (Lipinski definition) is 3. The van der Waals surface area contributed by atoms with E-state index in [0.717, 1.165) is 19.5 Å². The molecule has 1 saturated heterocycles. The molecule has 17 heavy (non-hydrogen) atoms. The highest BCUT2D eigenvalue weighted by atomic mass is 16.5. The number of carbonyl (C=O) groups excluding carboxylic acids is 1. The fourth-order valence-electron chi connectivity index (χ4n) is 2.10. The molecule has 1 aromatic carbocycles. The zero-order chi connectivity index (χ0) is 12.3. The molecule has 1 aliphatic rings. The fraction of sp³-hybridized carbons (Fsp3) is 0.462. The maximum atomic E-state index is 12.2. The van der Waals surface area contributed by atoms with E-state index >= 15 is 0 Å². The van der Waals surface area contributed by atoms with Crippen LogP contribution >= 0.6 is 0 Å². The highest BCUT2D eigenvalue weighted by Gasteiger charge is 2.23. The van der Waals surface area contributed by atoms with Gasteiger partial charge in [0, 0.05) is 25.2 Å². The first kappa shape index (κ1) is 11.9. The first-order valence-corrected chi connectivity index (χ1v) is 5.84. The van der Waals surface area contributed by atoms with Crippen LogP contribution < -0.4 is 10.1 Å². The van der Waals surface area contributed by atoms with Crippen LogP contribution in [-0.4, -0.2) is 44.1 Å². The van der Waals surface area contributed by atoms with Gasteiger partial charge in [0.1, 0.15) is 5.75 Å².